The minimum atomic E-state index is -0.296. The molecule has 0 aliphatic carbocycles. The Morgan fingerprint density at radius 2 is 2.21 bits per heavy atom. The second-order valence-corrected chi connectivity index (χ2v) is 5.11. The molecule has 104 valence electrons. The summed E-state index contributed by atoms with van der Waals surface area (Å²) in [6.07, 6.45) is 2.62. The minimum absolute atomic E-state index is 0.0230. The Kier molecular flexibility index (Phi) is 5.36. The predicted octanol–water partition coefficient (Wildman–Crippen LogP) is 1.23. The van der Waals surface area contributed by atoms with E-state index < -0.39 is 0 Å². The summed E-state index contributed by atoms with van der Waals surface area (Å²) in [5.41, 5.74) is 0.945. The fraction of sp³-hybridized carbons (Fsp3) is 0.533. The lowest BCUT2D eigenvalue weighted by Gasteiger charge is -2.17. The normalized spacial score (nSPS) is 20.2. The highest BCUT2D eigenvalue weighted by molar-refractivity contribution is 5.76. The highest BCUT2D eigenvalue weighted by Gasteiger charge is 2.17. The first-order valence-electron chi connectivity index (χ1n) is 6.95. The van der Waals surface area contributed by atoms with E-state index in [1.54, 1.807) is 0 Å². The third kappa shape index (κ3) is 4.33. The van der Waals surface area contributed by atoms with E-state index in [1.165, 1.54) is 0 Å². The van der Waals surface area contributed by atoms with E-state index in [4.69, 9.17) is 0 Å². The van der Waals surface area contributed by atoms with E-state index >= 15 is 0 Å². The van der Waals surface area contributed by atoms with Gasteiger partial charge in [-0.2, -0.15) is 0 Å². The molecule has 0 spiro atoms. The number of nitrogens with one attached hydrogen (secondary N) is 2. The molecular weight excluding hydrogens is 240 g/mol. The Hall–Kier alpha value is -1.39. The zero-order valence-corrected chi connectivity index (χ0v) is 11.1. The SMILES string of the molecule is O=C(CCC1CCNC1)N[C@H](CO)c1ccccc1. The molecule has 2 rings (SSSR count). The van der Waals surface area contributed by atoms with Gasteiger partial charge >= 0.3 is 0 Å². The summed E-state index contributed by atoms with van der Waals surface area (Å²) < 4.78 is 0. The Morgan fingerprint density at radius 1 is 1.42 bits per heavy atom. The summed E-state index contributed by atoms with van der Waals surface area (Å²) in [5.74, 6) is 0.643. The van der Waals surface area contributed by atoms with E-state index in [0.29, 0.717) is 12.3 Å². The Balaban J connectivity index is 1.79. The summed E-state index contributed by atoms with van der Waals surface area (Å²) in [6, 6.07) is 9.29. The van der Waals surface area contributed by atoms with Gasteiger partial charge in [-0.25, -0.2) is 0 Å². The molecule has 4 nitrogen and oxygen atoms in total. The minimum Gasteiger partial charge on any atom is -0.394 e. The molecule has 19 heavy (non-hydrogen) atoms. The molecule has 3 N–H and O–H groups in total. The Morgan fingerprint density at radius 3 is 2.84 bits per heavy atom. The summed E-state index contributed by atoms with van der Waals surface area (Å²) in [5, 5.41) is 15.6. The lowest BCUT2D eigenvalue weighted by Crippen LogP contribution is -2.31. The standard InChI is InChI=1S/C15H22N2O2/c18-11-14(13-4-2-1-3-5-13)17-15(19)7-6-12-8-9-16-10-12/h1-5,12,14,16,18H,6-11H2,(H,17,19)/t12?,14-/m1/s1. The second-order valence-electron chi connectivity index (χ2n) is 5.11. The van der Waals surface area contributed by atoms with Crippen LogP contribution in [0.3, 0.4) is 0 Å². The molecule has 0 radical (unpaired) electrons. The highest BCUT2D eigenvalue weighted by atomic mass is 16.3. The van der Waals surface area contributed by atoms with Crippen molar-refractivity contribution >= 4 is 5.91 Å². The summed E-state index contributed by atoms with van der Waals surface area (Å²) >= 11 is 0. The number of hydrogen-bond acceptors (Lipinski definition) is 3. The van der Waals surface area contributed by atoms with E-state index in [2.05, 4.69) is 10.6 Å². The summed E-state index contributed by atoms with van der Waals surface area (Å²) in [6.45, 7) is 2.02. The quantitative estimate of drug-likeness (QED) is 0.722. The smallest absolute Gasteiger partial charge is 0.220 e. The Bertz CT molecular complexity index is 388. The van der Waals surface area contributed by atoms with Crippen molar-refractivity contribution in [3.8, 4) is 0 Å². The number of aliphatic hydroxyl groups is 1. The third-order valence-corrected chi connectivity index (χ3v) is 3.66. The van der Waals surface area contributed by atoms with Crippen LogP contribution in [0.4, 0.5) is 0 Å². The topological polar surface area (TPSA) is 61.4 Å². The maximum Gasteiger partial charge on any atom is 0.220 e. The first-order valence-corrected chi connectivity index (χ1v) is 6.95. The van der Waals surface area contributed by atoms with Crippen molar-refractivity contribution in [1.82, 2.24) is 10.6 Å². The molecular formula is C15H22N2O2. The Labute approximate surface area is 114 Å². The molecule has 0 saturated carbocycles. The van der Waals surface area contributed by atoms with Gasteiger partial charge in [0.05, 0.1) is 12.6 Å². The van der Waals surface area contributed by atoms with Gasteiger partial charge in [-0.3, -0.25) is 4.79 Å². The van der Waals surface area contributed by atoms with Gasteiger partial charge in [-0.1, -0.05) is 30.3 Å². The summed E-state index contributed by atoms with van der Waals surface area (Å²) in [7, 11) is 0. The zero-order chi connectivity index (χ0) is 13.5. The molecule has 1 aliphatic rings. The highest BCUT2D eigenvalue weighted by Crippen LogP contribution is 2.16. The van der Waals surface area contributed by atoms with Gasteiger partial charge < -0.3 is 15.7 Å². The molecule has 1 saturated heterocycles. The van der Waals surface area contributed by atoms with E-state index in [-0.39, 0.29) is 18.6 Å². The third-order valence-electron chi connectivity index (χ3n) is 3.66. The first kappa shape index (κ1) is 14.0. The van der Waals surface area contributed by atoms with Crippen LogP contribution < -0.4 is 10.6 Å². The molecule has 4 heteroatoms. The average molecular weight is 262 g/mol. The van der Waals surface area contributed by atoms with E-state index in [1.807, 2.05) is 30.3 Å². The van der Waals surface area contributed by atoms with Crippen LogP contribution in [0.2, 0.25) is 0 Å². The molecule has 1 amide bonds. The first-order chi connectivity index (χ1) is 9.29. The molecule has 0 aromatic heterocycles. The van der Waals surface area contributed by atoms with Crippen molar-refractivity contribution in [3.05, 3.63) is 35.9 Å². The predicted molar refractivity (Wildman–Crippen MR) is 74.6 cm³/mol. The van der Waals surface area contributed by atoms with Gasteiger partial charge in [0.15, 0.2) is 0 Å². The van der Waals surface area contributed by atoms with Crippen LogP contribution in [-0.2, 0) is 4.79 Å². The molecule has 1 heterocycles. The van der Waals surface area contributed by atoms with Crippen LogP contribution in [0, 0.1) is 5.92 Å². The monoisotopic (exact) mass is 262 g/mol. The maximum absolute atomic E-state index is 11.9. The van der Waals surface area contributed by atoms with Gasteiger partial charge in [-0.15, -0.1) is 0 Å². The van der Waals surface area contributed by atoms with Crippen LogP contribution in [0.5, 0.6) is 0 Å². The van der Waals surface area contributed by atoms with Crippen molar-refractivity contribution in [2.45, 2.75) is 25.3 Å². The lowest BCUT2D eigenvalue weighted by atomic mass is 10.0. The van der Waals surface area contributed by atoms with Crippen molar-refractivity contribution in [2.75, 3.05) is 19.7 Å². The zero-order valence-electron chi connectivity index (χ0n) is 11.1. The average Bonchev–Trinajstić information content (AvgIpc) is 2.97. The van der Waals surface area contributed by atoms with Gasteiger partial charge in [-0.05, 0) is 37.4 Å². The molecule has 1 aromatic rings. The molecule has 1 unspecified atom stereocenters. The van der Waals surface area contributed by atoms with E-state index in [0.717, 1.165) is 31.5 Å². The fourth-order valence-corrected chi connectivity index (χ4v) is 2.48. The summed E-state index contributed by atoms with van der Waals surface area (Å²) in [4.78, 5) is 11.9. The number of carbonyl (C=O) groups excluding carboxylic acids is 1. The van der Waals surface area contributed by atoms with Gasteiger partial charge in [0.1, 0.15) is 0 Å². The fourth-order valence-electron chi connectivity index (χ4n) is 2.48. The van der Waals surface area contributed by atoms with Crippen molar-refractivity contribution in [3.63, 3.8) is 0 Å². The number of aliphatic hydroxyl groups excluding tert-OH is 1. The van der Waals surface area contributed by atoms with Crippen molar-refractivity contribution in [1.29, 1.82) is 0 Å². The van der Waals surface area contributed by atoms with Gasteiger partial charge in [0.25, 0.3) is 0 Å². The molecule has 1 fully saturated rings. The maximum atomic E-state index is 11.9. The number of carbonyl (C=O) groups is 1. The molecule has 1 aliphatic heterocycles. The number of rotatable bonds is 6. The van der Waals surface area contributed by atoms with Gasteiger partial charge in [0.2, 0.25) is 5.91 Å². The van der Waals surface area contributed by atoms with Crippen LogP contribution in [0.1, 0.15) is 30.9 Å². The molecule has 2 atom stereocenters. The van der Waals surface area contributed by atoms with Crippen molar-refractivity contribution < 1.29 is 9.90 Å². The van der Waals surface area contributed by atoms with Crippen molar-refractivity contribution in [2.24, 2.45) is 5.92 Å². The molecule has 0 bridgehead atoms. The van der Waals surface area contributed by atoms with Crippen LogP contribution >= 0.6 is 0 Å². The van der Waals surface area contributed by atoms with E-state index in [9.17, 15) is 9.90 Å². The van der Waals surface area contributed by atoms with Crippen LogP contribution in [-0.4, -0.2) is 30.7 Å². The number of amides is 1. The lowest BCUT2D eigenvalue weighted by molar-refractivity contribution is -0.122. The van der Waals surface area contributed by atoms with Crippen LogP contribution in [0.25, 0.3) is 0 Å². The molecule has 1 aromatic carbocycles. The number of benzene rings is 1. The van der Waals surface area contributed by atoms with Crippen LogP contribution in [0.15, 0.2) is 30.3 Å². The largest absolute Gasteiger partial charge is 0.394 e. The van der Waals surface area contributed by atoms with Gasteiger partial charge in [0, 0.05) is 6.42 Å². The number of hydrogen-bond donors (Lipinski definition) is 3. The second kappa shape index (κ2) is 7.26.